The maximum atomic E-state index is 14.6. The van der Waals surface area contributed by atoms with E-state index in [1.165, 1.54) is 45.4 Å². The number of benzene rings is 2. The number of rotatable bonds is 18. The fraction of sp³-hybridized carbons (Fsp3) is 0.556. The third-order valence-electron chi connectivity index (χ3n) is 22.0. The lowest BCUT2D eigenvalue weighted by Gasteiger charge is -2.29. The smallest absolute Gasteiger partial charge is 0.488 e. The molecule has 3 aromatic heterocycles. The lowest BCUT2D eigenvalue weighted by atomic mass is 10.0. The summed E-state index contributed by atoms with van der Waals surface area (Å²) in [6.07, 6.45) is 20.2. The Kier molecular flexibility index (Phi) is 29.2. The van der Waals surface area contributed by atoms with Crippen molar-refractivity contribution in [3.8, 4) is 22.9 Å². The molecule has 117 heavy (non-hydrogen) atoms. The molecule has 7 heterocycles. The number of nitrogens with zero attached hydrogens (tertiary/aromatic N) is 5. The first kappa shape index (κ1) is 88.5. The Morgan fingerprint density at radius 1 is 0.658 bits per heavy atom. The van der Waals surface area contributed by atoms with Crippen molar-refractivity contribution in [2.75, 3.05) is 36.2 Å². The van der Waals surface area contributed by atoms with Gasteiger partial charge in [0.05, 0.1) is 49.7 Å². The highest BCUT2D eigenvalue weighted by atomic mass is 79.9. The summed E-state index contributed by atoms with van der Waals surface area (Å²) in [5.74, 6) is -4.82. The molecule has 10 atom stereocenters. The Morgan fingerprint density at radius 3 is 1.58 bits per heavy atom. The van der Waals surface area contributed by atoms with Gasteiger partial charge < -0.3 is 71.5 Å². The first-order valence-corrected chi connectivity index (χ1v) is 46.1. The van der Waals surface area contributed by atoms with Gasteiger partial charge in [0.15, 0.2) is 42.5 Å². The number of amides is 6. The van der Waals surface area contributed by atoms with E-state index < -0.39 is 127 Å². The van der Waals surface area contributed by atoms with Gasteiger partial charge in [0, 0.05) is 77.6 Å². The van der Waals surface area contributed by atoms with Gasteiger partial charge in [-0.15, -0.1) is 11.3 Å². The predicted octanol–water partition coefficient (Wildman–Crippen LogP) is 9.56. The molecular weight excluding hydrogens is 1650 g/mol. The molecule has 36 heteroatoms. The van der Waals surface area contributed by atoms with Crippen LogP contribution in [0.1, 0.15) is 179 Å². The number of carbonyl (C=O) groups is 9. The van der Waals surface area contributed by atoms with Crippen LogP contribution < -0.4 is 47.1 Å². The summed E-state index contributed by atoms with van der Waals surface area (Å²) in [5, 5.41) is 31.1. The Hall–Kier alpha value is -9.26. The van der Waals surface area contributed by atoms with Gasteiger partial charge in [0.25, 0.3) is 0 Å². The van der Waals surface area contributed by atoms with E-state index >= 15 is 0 Å². The standard InChI is InChI=1S/C40H50N6O9S2.C37H43BrN4O10S.C4H10N2S/c1-23(2)41-38-43-30(22-56-38)29-19-32(27-15-11-17-33(34(27)42-29)57(3,52)53)54-26-18-31-35(47)45-40(37(49)50)20-24(40)12-7-5-4-6-8-16-28(36(48)46(31)21-26)44-39(51)55-25-13-9-10-14-25;1-50-35(46)37-19-22(37)11-6-4-3-5-7-15-26(40-36(47)52-23-12-8-9-13-23)34(45)42-21-24(17-28(42)33(44)41-37)51-30-18-27(29(43)20-38)39-32-25(30)14-10-16-31(32)53(2,48)49;1-3(2)6-4(5)7/h7,11-12,15,17,19,22-26,28,31H,4-6,8-10,13-14,16,18,20-21H2,1-3H3,(H,41,43)(H,44,51)(H,45,47)(H,49,50);6,10-11,14,16,18,22-24,26,28H,1,3-5,7-9,12-13,15,17,19-21H2,2H3,(H-,40,41,44,47);3H,1-2H3,(H3,5,6,7)/p+1/b12-7-;11-6-;/t24?,26-,28+,31+,40-;22?,24-,26+,28+,37-;/m11./s1. The molecule has 0 radical (unpaired) electrons. The normalized spacial score (nSPS) is 25.9. The number of aromatic nitrogens is 3. The first-order valence-electron chi connectivity index (χ1n) is 39.9. The van der Waals surface area contributed by atoms with E-state index in [0.29, 0.717) is 70.6 Å². The number of carboxylic acid groups (broad SMARTS) is 1. The van der Waals surface area contributed by atoms with Crippen molar-refractivity contribution in [3.05, 3.63) is 83.9 Å². The van der Waals surface area contributed by atoms with Crippen molar-refractivity contribution in [2.45, 2.75) is 250 Å². The van der Waals surface area contributed by atoms with Crippen molar-refractivity contribution in [1.29, 1.82) is 0 Å². The summed E-state index contributed by atoms with van der Waals surface area (Å²) >= 11 is 9.07. The van der Waals surface area contributed by atoms with E-state index in [4.69, 9.17) is 34.1 Å². The van der Waals surface area contributed by atoms with Crippen LogP contribution >= 0.6 is 39.5 Å². The van der Waals surface area contributed by atoms with Crippen molar-refractivity contribution < 1.29 is 88.5 Å². The molecule has 4 saturated carbocycles. The van der Waals surface area contributed by atoms with Crippen LogP contribution in [0.25, 0.3) is 33.2 Å². The van der Waals surface area contributed by atoms with Crippen molar-refractivity contribution in [3.63, 3.8) is 0 Å². The molecular formula is C81H104BrN12O19S4+. The average Bonchev–Trinajstić information content (AvgIpc) is 1.59. The molecule has 0 spiro atoms. The number of sulfone groups is 2. The summed E-state index contributed by atoms with van der Waals surface area (Å²) in [6, 6.07) is 8.62. The number of nitrogens with one attached hydrogen (secondary N) is 6. The zero-order chi connectivity index (χ0) is 84.3. The third-order valence-corrected chi connectivity index (χ3v) is 25.7. The molecule has 9 N–H and O–H groups in total. The maximum Gasteiger partial charge on any atom is 0.605 e. The van der Waals surface area contributed by atoms with E-state index in [1.807, 2.05) is 57.4 Å². The van der Waals surface area contributed by atoms with E-state index in [-0.39, 0.29) is 99.9 Å². The van der Waals surface area contributed by atoms with Gasteiger partial charge in [-0.2, -0.15) is 0 Å². The van der Waals surface area contributed by atoms with Crippen LogP contribution in [0.2, 0.25) is 0 Å². The number of carbonyl (C=O) groups excluding carboxylic acids is 9. The molecule has 2 unspecified atom stereocenters. The van der Waals surface area contributed by atoms with E-state index in [2.05, 4.69) is 76.8 Å². The van der Waals surface area contributed by atoms with E-state index in [0.717, 1.165) is 102 Å². The Morgan fingerprint density at radius 2 is 1.13 bits per heavy atom. The fourth-order valence-electron chi connectivity index (χ4n) is 15.9. The number of hydrogen-bond acceptors (Lipinski definition) is 23. The number of Topliss-reactive ketones (excluding diaryl/α,β-unsaturated/α-hetero) is 1. The molecule has 2 saturated heterocycles. The summed E-state index contributed by atoms with van der Waals surface area (Å²) < 4.78 is 80.7. The molecule has 8 aliphatic rings. The number of alkyl halides is 1. The molecule has 6 amide bonds. The molecule has 31 nitrogen and oxygen atoms in total. The van der Waals surface area contributed by atoms with Gasteiger partial charge in [0.2, 0.25) is 29.2 Å². The first-order chi connectivity index (χ1) is 55.7. The van der Waals surface area contributed by atoms with Crippen LogP contribution in [0, 0.1) is 11.8 Å². The molecule has 2 aromatic carbocycles. The number of hydrogen-bond donors (Lipinski definition) is 8. The Balaban J connectivity index is 0.000000213. The number of allylic oxidation sites excluding steroid dienone is 2. The summed E-state index contributed by atoms with van der Waals surface area (Å²) in [7, 11) is -7.49. The van der Waals surface area contributed by atoms with Gasteiger partial charge in [-0.05, 0) is 167 Å². The van der Waals surface area contributed by atoms with Crippen LogP contribution in [0.5, 0.6) is 11.5 Å². The molecule has 4 aliphatic carbocycles. The number of thiazole rings is 1. The Labute approximate surface area is 698 Å². The van der Waals surface area contributed by atoms with E-state index in [1.54, 1.807) is 24.3 Å². The number of halogens is 1. The van der Waals surface area contributed by atoms with Crippen molar-refractivity contribution >= 4 is 152 Å². The van der Waals surface area contributed by atoms with Gasteiger partial charge in [-0.1, -0.05) is 78.1 Å². The topological polar surface area (TPSA) is 434 Å². The zero-order valence-corrected chi connectivity index (χ0v) is 71.3. The number of nitrogens with two attached hydrogens (primary N) is 1. The largest absolute Gasteiger partial charge is 0.605 e. The second-order valence-corrected chi connectivity index (χ2v) is 37.6. The molecule has 0 bridgehead atoms. The highest BCUT2D eigenvalue weighted by Crippen LogP contribution is 2.48. The van der Waals surface area contributed by atoms with E-state index in [9.17, 15) is 65.1 Å². The van der Waals surface area contributed by atoms with Crippen molar-refractivity contribution in [2.24, 2.45) is 17.6 Å². The fourth-order valence-corrected chi connectivity index (χ4v) is 19.0. The van der Waals surface area contributed by atoms with Crippen molar-refractivity contribution in [1.82, 2.24) is 51.3 Å². The van der Waals surface area contributed by atoms with Crippen LogP contribution in [0.3, 0.4) is 0 Å². The second kappa shape index (κ2) is 38.6. The molecule has 5 aromatic rings. The maximum absolute atomic E-state index is 14.6. The number of para-hydroxylation sites is 2. The third kappa shape index (κ3) is 22.2. The zero-order valence-electron chi connectivity index (χ0n) is 66.4. The quantitative estimate of drug-likeness (QED) is 0.0133. The van der Waals surface area contributed by atoms with Gasteiger partial charge in [-0.3, -0.25) is 28.4 Å². The lowest BCUT2D eigenvalue weighted by molar-refractivity contribution is -0.372. The van der Waals surface area contributed by atoms with Gasteiger partial charge >= 0.3 is 24.1 Å². The van der Waals surface area contributed by atoms with Gasteiger partial charge in [-0.25, -0.2) is 46.2 Å². The average molecular weight is 1760 g/mol. The molecule has 6 fully saturated rings. The van der Waals surface area contributed by atoms with Crippen LogP contribution in [-0.2, 0) is 62.3 Å². The molecule has 4 aliphatic heterocycles. The van der Waals surface area contributed by atoms with Crippen LogP contribution in [-0.4, -0.2) is 215 Å². The minimum Gasteiger partial charge on any atom is -0.488 e. The number of ketones is 1. The van der Waals surface area contributed by atoms with Crippen LogP contribution in [0.4, 0.5) is 14.7 Å². The number of anilines is 1. The number of pyridine rings is 2. The predicted molar refractivity (Wildman–Crippen MR) is 445 cm³/mol. The highest BCUT2D eigenvalue weighted by molar-refractivity contribution is 9.09. The SMILES string of the molecule is C=[O+]C(=O)[C@@]12CC1/C=C\CCCCC[C@H](NC(=O)OC1CCCC1)C(=O)N1C[C@H](Oc3cc(C(=O)CBr)nc4c(S(C)(=O)=O)cccc34)C[C@H]1C(=O)N2.CC(C)NC(N)=S.CC(C)Nc1nc(-c2cc(O[C@@H]3C[C@H]4C(=O)N[C@]5(C(=O)O)CC5/C=C\CCCCC[C@H](NC(=O)OC5CCCC5)C(=O)N4C3)c3cccc(S(C)(=O)=O)c3n2)cs1. The second-order valence-electron chi connectivity index (χ2n) is 31.8. The lowest BCUT2D eigenvalue weighted by Crippen LogP contribution is -2.56. The molecule has 13 rings (SSSR count). The molecule has 632 valence electrons. The number of alkyl carbamates (subject to hydrolysis) is 2. The minimum absolute atomic E-state index is 0.00140. The number of aliphatic carboxylic acids is 1. The van der Waals surface area contributed by atoms with Gasteiger partial charge in [0.1, 0.15) is 77.0 Å². The Bertz CT molecular complexity index is 4900. The minimum atomic E-state index is -3.76. The summed E-state index contributed by atoms with van der Waals surface area (Å²) in [6.45, 7) is 11.1. The highest BCUT2D eigenvalue weighted by Gasteiger charge is 2.68. The van der Waals surface area contributed by atoms with Crippen LogP contribution in [0.15, 0.2) is 88.0 Å². The number of carboxylic acids is 1. The monoisotopic (exact) mass is 1760 g/mol. The number of thiocarbonyl (C=S) groups is 1. The summed E-state index contributed by atoms with van der Waals surface area (Å²) in [5.41, 5.74) is 3.32. The number of fused-ring (bicyclic) bond motifs is 6. The number of ether oxygens (including phenoxy) is 4. The summed E-state index contributed by atoms with van der Waals surface area (Å²) in [4.78, 5) is 139.